The van der Waals surface area contributed by atoms with Gasteiger partial charge in [0.15, 0.2) is 0 Å². The van der Waals surface area contributed by atoms with E-state index in [9.17, 15) is 9.90 Å². The third kappa shape index (κ3) is 6.53. The normalized spacial score (nSPS) is 12.8. The highest BCUT2D eigenvalue weighted by Gasteiger charge is 2.44. The molecule has 41 heavy (non-hydrogen) atoms. The predicted octanol–water partition coefficient (Wildman–Crippen LogP) is 12.3. The van der Waals surface area contributed by atoms with Crippen LogP contribution in [0.4, 0.5) is 4.79 Å². The summed E-state index contributed by atoms with van der Waals surface area (Å²) >= 11 is 0. The molecule has 0 atom stereocenters. The van der Waals surface area contributed by atoms with Crippen LogP contribution in [0.1, 0.15) is 152 Å². The van der Waals surface area contributed by atoms with Gasteiger partial charge in [-0.3, -0.25) is 0 Å². The minimum absolute atomic E-state index is 0.175. The highest BCUT2D eigenvalue weighted by atomic mass is 32.3. The second-order valence-corrected chi connectivity index (χ2v) is 15.8. The van der Waals surface area contributed by atoms with E-state index >= 15 is 0 Å². The summed E-state index contributed by atoms with van der Waals surface area (Å²) in [4.78, 5) is 16.0. The number of hydrogen-bond donors (Lipinski definition) is 1. The highest BCUT2D eigenvalue weighted by Crippen LogP contribution is 2.74. The highest BCUT2D eigenvalue weighted by molar-refractivity contribution is 8.30. The Labute approximate surface area is 251 Å². The third-order valence-corrected chi connectivity index (χ3v) is 11.4. The zero-order valence-corrected chi connectivity index (χ0v) is 28.1. The fourth-order valence-electron chi connectivity index (χ4n) is 5.63. The zero-order valence-electron chi connectivity index (χ0n) is 27.3. The fraction of sp³-hybridized carbons (Fsp3) is 0.486. The van der Waals surface area contributed by atoms with Crippen LogP contribution in [0.2, 0.25) is 0 Å². The second kappa shape index (κ2) is 13.1. The molecule has 0 bridgehead atoms. The van der Waals surface area contributed by atoms with Crippen molar-refractivity contribution in [1.29, 1.82) is 0 Å². The Hall–Kier alpha value is -2.72. The molecule has 0 radical (unpaired) electrons. The third-order valence-electron chi connectivity index (χ3n) is 8.01. The van der Waals surface area contributed by atoms with Gasteiger partial charge in [-0.2, -0.15) is 0 Å². The Balaban J connectivity index is 2.80. The fourth-order valence-corrected chi connectivity index (χ4v) is 9.83. The van der Waals surface area contributed by atoms with Crippen LogP contribution >= 0.6 is 10.3 Å². The number of hydrogen-bond acceptors (Lipinski definition) is 2. The maximum Gasteiger partial charge on any atom is 0.517 e. The van der Waals surface area contributed by atoms with E-state index < -0.39 is 16.5 Å². The number of rotatable bonds is 10. The van der Waals surface area contributed by atoms with E-state index in [2.05, 4.69) is 119 Å². The Morgan fingerprint density at radius 2 is 0.878 bits per heavy atom. The van der Waals surface area contributed by atoms with Crippen molar-refractivity contribution in [2.24, 2.45) is 0 Å². The van der Waals surface area contributed by atoms with Gasteiger partial charge in [-0.15, -0.1) is 0 Å². The zero-order chi connectivity index (χ0) is 30.8. The van der Waals surface area contributed by atoms with E-state index in [4.69, 9.17) is 4.18 Å². The van der Waals surface area contributed by atoms with Crippen LogP contribution in [0.15, 0.2) is 69.3 Å². The van der Waals surface area contributed by atoms with Crippen molar-refractivity contribution in [2.45, 2.75) is 133 Å². The van der Waals surface area contributed by atoms with Crippen molar-refractivity contribution in [2.75, 3.05) is 0 Å². The van der Waals surface area contributed by atoms with Crippen LogP contribution in [-0.4, -0.2) is 11.3 Å². The number of carboxylic acid groups (broad SMARTS) is 1. The van der Waals surface area contributed by atoms with Crippen molar-refractivity contribution in [1.82, 2.24) is 0 Å². The van der Waals surface area contributed by atoms with Crippen molar-refractivity contribution >= 4 is 16.5 Å². The molecule has 0 fully saturated rings. The molecule has 0 heterocycles. The van der Waals surface area contributed by atoms with Gasteiger partial charge in [-0.25, -0.2) is 4.79 Å². The molecule has 0 unspecified atom stereocenters. The molecule has 4 heteroatoms. The van der Waals surface area contributed by atoms with Crippen molar-refractivity contribution in [3.8, 4) is 0 Å². The quantitative estimate of drug-likeness (QED) is 0.261. The monoisotopic (exact) mass is 576 g/mol. The molecule has 3 aromatic rings. The molecule has 0 saturated heterocycles. The van der Waals surface area contributed by atoms with Gasteiger partial charge in [-0.1, -0.05) is 126 Å². The lowest BCUT2D eigenvalue weighted by atomic mass is 9.89. The Bertz CT molecular complexity index is 1220. The van der Waals surface area contributed by atoms with Gasteiger partial charge in [0.05, 0.1) is 0 Å². The van der Waals surface area contributed by atoms with E-state index in [0.29, 0.717) is 11.8 Å². The Morgan fingerprint density at radius 1 is 0.561 bits per heavy atom. The van der Waals surface area contributed by atoms with Crippen molar-refractivity contribution in [3.63, 3.8) is 0 Å². The summed E-state index contributed by atoms with van der Waals surface area (Å²) in [7, 11) is -2.72. The predicted molar refractivity (Wildman–Crippen MR) is 175 cm³/mol. The van der Waals surface area contributed by atoms with Crippen LogP contribution < -0.4 is 0 Å². The Kier molecular flexibility index (Phi) is 10.5. The van der Waals surface area contributed by atoms with E-state index in [1.807, 2.05) is 18.2 Å². The molecule has 0 amide bonds. The van der Waals surface area contributed by atoms with Gasteiger partial charge in [0.1, 0.15) is 0 Å². The van der Waals surface area contributed by atoms with Crippen LogP contribution in [0.25, 0.3) is 0 Å². The molecule has 0 saturated carbocycles. The lowest BCUT2D eigenvalue weighted by molar-refractivity contribution is 0.150. The van der Waals surface area contributed by atoms with Gasteiger partial charge < -0.3 is 9.29 Å². The maximum absolute atomic E-state index is 13.0. The van der Waals surface area contributed by atoms with Gasteiger partial charge >= 0.3 is 6.16 Å². The minimum atomic E-state index is -2.72. The molecule has 1 N–H and O–H groups in total. The van der Waals surface area contributed by atoms with Crippen LogP contribution in [0, 0.1) is 0 Å². The molecule has 3 rings (SSSR count). The number of benzene rings is 3. The molecular formula is C37H52O3S. The van der Waals surface area contributed by atoms with E-state index in [1.165, 1.54) is 33.4 Å². The SMILES string of the molecule is CC(C)c1cc(C(C)C)c(S(OC(=O)O)(c2ccccc2)c2c(C(C)C)cc(C(C)C)cc2C(C)C)c(C(C)C)c1. The molecule has 0 aromatic heterocycles. The van der Waals surface area contributed by atoms with Gasteiger partial charge in [0.25, 0.3) is 0 Å². The average molecular weight is 577 g/mol. The molecule has 0 spiro atoms. The molecule has 0 aliphatic heterocycles. The summed E-state index contributed by atoms with van der Waals surface area (Å²) in [5.41, 5.74) is 7.27. The smallest absolute Gasteiger partial charge is 0.449 e. The van der Waals surface area contributed by atoms with E-state index in [1.54, 1.807) is 0 Å². The molecule has 3 aromatic carbocycles. The molecular weight excluding hydrogens is 524 g/mol. The first-order valence-electron chi connectivity index (χ1n) is 15.3. The molecule has 0 aliphatic rings. The lowest BCUT2D eigenvalue weighted by Crippen LogP contribution is -2.20. The minimum Gasteiger partial charge on any atom is -0.449 e. The van der Waals surface area contributed by atoms with Gasteiger partial charge in [-0.05, 0) is 91.3 Å². The maximum atomic E-state index is 13.0. The van der Waals surface area contributed by atoms with E-state index in [-0.39, 0.29) is 23.7 Å². The standard InChI is InChI=1S/C37H52O3S/c1-22(2)28-18-31(24(5)6)35(32(19-28)25(7)8)41(40-37(38)39,30-16-14-13-15-17-30)36-33(26(9)10)20-29(23(3)4)21-34(36)27(11)12/h13-27H,1-12H3,(H,38,39). The summed E-state index contributed by atoms with van der Waals surface area (Å²) in [5, 5.41) is 10.6. The summed E-state index contributed by atoms with van der Waals surface area (Å²) in [6.45, 7) is 26.7. The topological polar surface area (TPSA) is 46.5 Å². The van der Waals surface area contributed by atoms with Crippen LogP contribution in [0.3, 0.4) is 0 Å². The van der Waals surface area contributed by atoms with Crippen molar-refractivity contribution in [3.05, 3.63) is 88.0 Å². The summed E-state index contributed by atoms with van der Waals surface area (Å²) < 4.78 is 6.56. The average Bonchev–Trinajstić information content (AvgIpc) is 2.90. The summed E-state index contributed by atoms with van der Waals surface area (Å²) in [5.74, 6) is 1.40. The second-order valence-electron chi connectivity index (χ2n) is 13.2. The van der Waals surface area contributed by atoms with Gasteiger partial charge in [0, 0.05) is 14.7 Å². The van der Waals surface area contributed by atoms with Crippen molar-refractivity contribution < 1.29 is 14.1 Å². The molecule has 3 nitrogen and oxygen atoms in total. The first-order chi connectivity index (χ1) is 19.1. The van der Waals surface area contributed by atoms with Gasteiger partial charge in [0.2, 0.25) is 0 Å². The van der Waals surface area contributed by atoms with Crippen LogP contribution in [-0.2, 0) is 4.18 Å². The summed E-state index contributed by atoms with van der Waals surface area (Å²) in [6, 6.07) is 19.5. The lowest BCUT2D eigenvalue weighted by Gasteiger charge is -2.45. The molecule has 0 aliphatic carbocycles. The Morgan fingerprint density at radius 3 is 1.12 bits per heavy atom. The summed E-state index contributed by atoms with van der Waals surface area (Å²) in [6.07, 6.45) is -1.24. The first-order valence-corrected chi connectivity index (χ1v) is 16.8. The van der Waals surface area contributed by atoms with E-state index in [0.717, 1.165) is 14.7 Å². The van der Waals surface area contributed by atoms with Crippen LogP contribution in [0.5, 0.6) is 0 Å². The largest absolute Gasteiger partial charge is 0.517 e. The molecule has 224 valence electrons. The number of carbonyl (C=O) groups is 1. The first kappa shape index (κ1) is 32.8.